The molecule has 0 saturated carbocycles. The Morgan fingerprint density at radius 2 is 1.62 bits per heavy atom. The second-order valence-corrected chi connectivity index (χ2v) is 6.28. The van der Waals surface area contributed by atoms with Gasteiger partial charge in [0.25, 0.3) is 5.91 Å². The van der Waals surface area contributed by atoms with Crippen LogP contribution >= 0.6 is 11.8 Å². The van der Waals surface area contributed by atoms with E-state index >= 15 is 0 Å². The van der Waals surface area contributed by atoms with Gasteiger partial charge in [-0.2, -0.15) is 0 Å². The van der Waals surface area contributed by atoms with Gasteiger partial charge in [0.15, 0.2) is 0 Å². The van der Waals surface area contributed by atoms with Crippen molar-refractivity contribution in [1.82, 2.24) is 0 Å². The minimum atomic E-state index is -0.393. The molecule has 3 N–H and O–H groups in total. The van der Waals surface area contributed by atoms with E-state index in [4.69, 9.17) is 5.73 Å². The van der Waals surface area contributed by atoms with Gasteiger partial charge in [-0.1, -0.05) is 42.5 Å². The van der Waals surface area contributed by atoms with Gasteiger partial charge in [-0.05, 0) is 35.0 Å². The van der Waals surface area contributed by atoms with Crippen LogP contribution in [-0.2, 0) is 4.79 Å². The number of primary amides is 1. The number of benzene rings is 3. The first-order chi connectivity index (χ1) is 11.6. The highest BCUT2D eigenvalue weighted by Crippen LogP contribution is 2.27. The van der Waals surface area contributed by atoms with Crippen molar-refractivity contribution in [2.45, 2.75) is 4.90 Å². The van der Waals surface area contributed by atoms with E-state index in [-0.39, 0.29) is 11.7 Å². The summed E-state index contributed by atoms with van der Waals surface area (Å²) in [4.78, 5) is 24.3. The van der Waals surface area contributed by atoms with Crippen LogP contribution in [0.25, 0.3) is 10.8 Å². The lowest BCUT2D eigenvalue weighted by Crippen LogP contribution is -2.14. The Morgan fingerprint density at radius 1 is 0.917 bits per heavy atom. The Balaban J connectivity index is 1.82. The van der Waals surface area contributed by atoms with Crippen molar-refractivity contribution in [3.63, 3.8) is 0 Å². The Kier molecular flexibility index (Phi) is 4.82. The zero-order valence-corrected chi connectivity index (χ0v) is 13.7. The Labute approximate surface area is 144 Å². The molecule has 3 aromatic carbocycles. The summed E-state index contributed by atoms with van der Waals surface area (Å²) in [7, 11) is 0. The third-order valence-electron chi connectivity index (χ3n) is 3.52. The monoisotopic (exact) mass is 336 g/mol. The Hall–Kier alpha value is -2.79. The van der Waals surface area contributed by atoms with Crippen LogP contribution in [0.15, 0.2) is 71.6 Å². The third kappa shape index (κ3) is 3.75. The molecule has 0 unspecified atom stereocenters. The minimum absolute atomic E-state index is 0.170. The number of nitrogens with two attached hydrogens (primary N) is 1. The van der Waals surface area contributed by atoms with Crippen LogP contribution in [0, 0.1) is 0 Å². The number of carbonyl (C=O) groups excluding carboxylic acids is 2. The molecular formula is C19H16N2O2S. The van der Waals surface area contributed by atoms with Crippen LogP contribution in [0.1, 0.15) is 10.4 Å². The molecular weight excluding hydrogens is 320 g/mol. The molecule has 0 aromatic heterocycles. The van der Waals surface area contributed by atoms with Crippen molar-refractivity contribution in [2.24, 2.45) is 5.73 Å². The lowest BCUT2D eigenvalue weighted by molar-refractivity contribution is -0.115. The van der Waals surface area contributed by atoms with Gasteiger partial charge < -0.3 is 11.1 Å². The van der Waals surface area contributed by atoms with Gasteiger partial charge in [-0.15, -0.1) is 11.8 Å². The minimum Gasteiger partial charge on any atom is -0.369 e. The topological polar surface area (TPSA) is 72.2 Å². The van der Waals surface area contributed by atoms with Gasteiger partial charge >= 0.3 is 0 Å². The van der Waals surface area contributed by atoms with Crippen LogP contribution in [-0.4, -0.2) is 17.6 Å². The molecule has 4 nitrogen and oxygen atoms in total. The van der Waals surface area contributed by atoms with E-state index in [0.717, 1.165) is 15.7 Å². The molecule has 120 valence electrons. The van der Waals surface area contributed by atoms with Crippen molar-refractivity contribution in [3.8, 4) is 0 Å². The number of nitrogens with one attached hydrogen (secondary N) is 1. The molecule has 0 fully saturated rings. The van der Waals surface area contributed by atoms with E-state index in [1.54, 1.807) is 6.07 Å². The summed E-state index contributed by atoms with van der Waals surface area (Å²) in [6.07, 6.45) is 0. The summed E-state index contributed by atoms with van der Waals surface area (Å²) in [5.41, 5.74) is 6.44. The van der Waals surface area contributed by atoms with Crippen LogP contribution < -0.4 is 11.1 Å². The summed E-state index contributed by atoms with van der Waals surface area (Å²) in [5.74, 6) is -0.411. The summed E-state index contributed by atoms with van der Waals surface area (Å²) in [5, 5.41) is 5.01. The van der Waals surface area contributed by atoms with Gasteiger partial charge in [0.05, 0.1) is 11.4 Å². The van der Waals surface area contributed by atoms with Gasteiger partial charge in [0.1, 0.15) is 0 Å². The van der Waals surface area contributed by atoms with Crippen molar-refractivity contribution in [3.05, 3.63) is 72.3 Å². The van der Waals surface area contributed by atoms with Crippen molar-refractivity contribution < 1.29 is 9.59 Å². The molecule has 0 aliphatic carbocycles. The molecule has 0 radical (unpaired) electrons. The summed E-state index contributed by atoms with van der Waals surface area (Å²) >= 11 is 1.31. The lowest BCUT2D eigenvalue weighted by Gasteiger charge is -2.10. The molecule has 5 heteroatoms. The molecule has 0 aliphatic heterocycles. The van der Waals surface area contributed by atoms with Crippen LogP contribution in [0.5, 0.6) is 0 Å². The van der Waals surface area contributed by atoms with E-state index in [1.165, 1.54) is 11.8 Å². The quantitative estimate of drug-likeness (QED) is 0.698. The maximum atomic E-state index is 12.5. The third-order valence-corrected chi connectivity index (χ3v) is 4.61. The second kappa shape index (κ2) is 7.19. The fourth-order valence-corrected chi connectivity index (χ4v) is 3.12. The summed E-state index contributed by atoms with van der Waals surface area (Å²) in [6, 6.07) is 20.8. The molecule has 0 heterocycles. The van der Waals surface area contributed by atoms with Gasteiger partial charge in [-0.25, -0.2) is 0 Å². The first kappa shape index (κ1) is 16.1. The number of amides is 2. The second-order valence-electron chi connectivity index (χ2n) is 5.27. The van der Waals surface area contributed by atoms with Crippen molar-refractivity contribution >= 4 is 40.0 Å². The molecule has 3 aromatic rings. The molecule has 2 amide bonds. The van der Waals surface area contributed by atoms with Crippen LogP contribution in [0.4, 0.5) is 5.69 Å². The van der Waals surface area contributed by atoms with Gasteiger partial charge in [0, 0.05) is 10.5 Å². The predicted molar refractivity (Wildman–Crippen MR) is 98.3 cm³/mol. The number of hydrogen-bond acceptors (Lipinski definition) is 3. The standard InChI is InChI=1S/C19H16N2O2S/c20-18(22)12-24-17-8-4-3-7-16(17)21-19(23)15-10-9-13-5-1-2-6-14(13)11-15/h1-11H,12H2,(H2,20,22)(H,21,23). The maximum Gasteiger partial charge on any atom is 0.255 e. The van der Waals surface area contributed by atoms with E-state index in [9.17, 15) is 9.59 Å². The first-order valence-electron chi connectivity index (χ1n) is 7.44. The van der Waals surface area contributed by atoms with E-state index in [1.807, 2.05) is 60.7 Å². The molecule has 3 rings (SSSR count). The fraction of sp³-hybridized carbons (Fsp3) is 0.0526. The largest absolute Gasteiger partial charge is 0.369 e. The maximum absolute atomic E-state index is 12.5. The zero-order valence-electron chi connectivity index (χ0n) is 12.9. The number of rotatable bonds is 5. The lowest BCUT2D eigenvalue weighted by atomic mass is 10.1. The van der Waals surface area contributed by atoms with E-state index in [0.29, 0.717) is 11.3 Å². The van der Waals surface area contributed by atoms with Crippen molar-refractivity contribution in [2.75, 3.05) is 11.1 Å². The van der Waals surface area contributed by atoms with Crippen molar-refractivity contribution in [1.29, 1.82) is 0 Å². The highest BCUT2D eigenvalue weighted by molar-refractivity contribution is 8.00. The average Bonchev–Trinajstić information content (AvgIpc) is 2.60. The highest BCUT2D eigenvalue weighted by atomic mass is 32.2. The van der Waals surface area contributed by atoms with E-state index < -0.39 is 5.91 Å². The molecule has 0 spiro atoms. The number of thioether (sulfide) groups is 1. The molecule has 0 atom stereocenters. The molecule has 0 saturated heterocycles. The summed E-state index contributed by atoms with van der Waals surface area (Å²) < 4.78 is 0. The molecule has 0 aliphatic rings. The first-order valence-corrected chi connectivity index (χ1v) is 8.42. The average molecular weight is 336 g/mol. The van der Waals surface area contributed by atoms with Crippen LogP contribution in [0.3, 0.4) is 0 Å². The number of hydrogen-bond donors (Lipinski definition) is 2. The number of para-hydroxylation sites is 1. The smallest absolute Gasteiger partial charge is 0.255 e. The fourth-order valence-electron chi connectivity index (χ4n) is 2.37. The summed E-state index contributed by atoms with van der Waals surface area (Å²) in [6.45, 7) is 0. The normalized spacial score (nSPS) is 10.5. The molecule has 24 heavy (non-hydrogen) atoms. The number of fused-ring (bicyclic) bond motifs is 1. The molecule has 0 bridgehead atoms. The SMILES string of the molecule is NC(=O)CSc1ccccc1NC(=O)c1ccc2ccccc2c1. The zero-order chi connectivity index (χ0) is 16.9. The van der Waals surface area contributed by atoms with E-state index in [2.05, 4.69) is 5.32 Å². The highest BCUT2D eigenvalue weighted by Gasteiger charge is 2.10. The Bertz CT molecular complexity index is 909. The Morgan fingerprint density at radius 3 is 2.42 bits per heavy atom. The number of carbonyl (C=O) groups is 2. The predicted octanol–water partition coefficient (Wildman–Crippen LogP) is 3.67. The van der Waals surface area contributed by atoms with Crippen LogP contribution in [0.2, 0.25) is 0 Å². The van der Waals surface area contributed by atoms with Gasteiger partial charge in [0.2, 0.25) is 5.91 Å². The van der Waals surface area contributed by atoms with Gasteiger partial charge in [-0.3, -0.25) is 9.59 Å². The number of anilines is 1.